The average molecular weight is 860 g/mol. The van der Waals surface area contributed by atoms with Crippen molar-refractivity contribution < 1.29 is 4.42 Å². The molecule has 0 aliphatic heterocycles. The first-order valence-corrected chi connectivity index (χ1v) is 23.6. The molecular formula is C63H41NOS. The summed E-state index contributed by atoms with van der Waals surface area (Å²) < 4.78 is 9.76. The Hall–Kier alpha value is -7.98. The van der Waals surface area contributed by atoms with Crippen LogP contribution in [0, 0.1) is 0 Å². The van der Waals surface area contributed by atoms with Crippen LogP contribution in [0.5, 0.6) is 0 Å². The molecule has 0 saturated carbocycles. The number of benzene rings is 10. The zero-order valence-electron chi connectivity index (χ0n) is 36.2. The molecule has 66 heavy (non-hydrogen) atoms. The second-order valence-electron chi connectivity index (χ2n) is 18.0. The molecule has 0 spiro atoms. The van der Waals surface area contributed by atoms with Crippen LogP contribution in [0.2, 0.25) is 0 Å². The molecule has 0 atom stereocenters. The van der Waals surface area contributed by atoms with Gasteiger partial charge in [-0.05, 0) is 99.0 Å². The lowest BCUT2D eigenvalue weighted by Gasteiger charge is -2.35. The predicted molar refractivity (Wildman–Crippen MR) is 276 cm³/mol. The van der Waals surface area contributed by atoms with E-state index in [2.05, 4.69) is 242 Å². The number of hydrogen-bond donors (Lipinski definition) is 0. The normalized spacial score (nSPS) is 14.1. The lowest BCUT2D eigenvalue weighted by atomic mass is 9.67. The summed E-state index contributed by atoms with van der Waals surface area (Å²) in [5, 5.41) is 4.77. The summed E-state index contributed by atoms with van der Waals surface area (Å²) in [5.74, 6) is 0. The van der Waals surface area contributed by atoms with Crippen LogP contribution in [0.25, 0.3) is 64.4 Å². The number of fused-ring (bicyclic) bond motifs is 12. The predicted octanol–water partition coefficient (Wildman–Crippen LogP) is 17.1. The number of furan rings is 1. The summed E-state index contributed by atoms with van der Waals surface area (Å²) in [6, 6.07) is 85.2. The Balaban J connectivity index is 1.02. The van der Waals surface area contributed by atoms with E-state index in [-0.39, 0.29) is 0 Å². The van der Waals surface area contributed by atoms with Gasteiger partial charge in [0.05, 0.1) is 15.8 Å². The smallest absolute Gasteiger partial charge is 0.139 e. The fraction of sp³-hybridized carbons (Fsp3) is 0.0476. The third-order valence-corrected chi connectivity index (χ3v) is 16.0. The van der Waals surface area contributed by atoms with Gasteiger partial charge in [0.1, 0.15) is 11.2 Å². The van der Waals surface area contributed by atoms with Crippen molar-refractivity contribution in [3.8, 4) is 22.3 Å². The van der Waals surface area contributed by atoms with Gasteiger partial charge in [-0.1, -0.05) is 188 Å². The molecule has 0 amide bonds. The van der Waals surface area contributed by atoms with Gasteiger partial charge in [0, 0.05) is 54.7 Å². The minimum atomic E-state index is -0.535. The molecule has 0 saturated heterocycles. The lowest BCUT2D eigenvalue weighted by molar-refractivity contribution is 0.638. The third-order valence-electron chi connectivity index (χ3n) is 14.8. The highest BCUT2D eigenvalue weighted by atomic mass is 32.1. The molecular weight excluding hydrogens is 819 g/mol. The van der Waals surface area contributed by atoms with Crippen LogP contribution in [0.3, 0.4) is 0 Å². The molecule has 12 aromatic rings. The minimum absolute atomic E-state index is 0.391. The monoisotopic (exact) mass is 859 g/mol. The van der Waals surface area contributed by atoms with E-state index in [1.807, 2.05) is 11.3 Å². The first-order chi connectivity index (χ1) is 32.6. The largest absolute Gasteiger partial charge is 0.456 e. The lowest BCUT2D eigenvalue weighted by Crippen LogP contribution is -2.28. The van der Waals surface area contributed by atoms with E-state index < -0.39 is 10.8 Å². The van der Waals surface area contributed by atoms with Crippen LogP contribution in [-0.4, -0.2) is 0 Å². The van der Waals surface area contributed by atoms with Crippen molar-refractivity contribution in [2.24, 2.45) is 0 Å². The molecule has 310 valence electrons. The Kier molecular flexibility index (Phi) is 7.94. The van der Waals surface area contributed by atoms with Gasteiger partial charge in [-0.2, -0.15) is 0 Å². The Labute approximate surface area is 387 Å². The molecule has 2 aliphatic rings. The molecule has 2 nitrogen and oxygen atoms in total. The van der Waals surface area contributed by atoms with E-state index in [0.717, 1.165) is 39.0 Å². The van der Waals surface area contributed by atoms with Crippen LogP contribution < -0.4 is 4.90 Å². The maximum atomic E-state index is 7.23. The summed E-state index contributed by atoms with van der Waals surface area (Å²) in [5.41, 5.74) is 18.1. The summed E-state index contributed by atoms with van der Waals surface area (Å²) in [7, 11) is 0. The van der Waals surface area contributed by atoms with E-state index >= 15 is 0 Å². The summed E-state index contributed by atoms with van der Waals surface area (Å²) in [6.45, 7) is 2.37. The van der Waals surface area contributed by atoms with E-state index in [9.17, 15) is 0 Å². The van der Waals surface area contributed by atoms with Gasteiger partial charge in [-0.15, -0.1) is 11.3 Å². The molecule has 2 aromatic heterocycles. The van der Waals surface area contributed by atoms with Gasteiger partial charge >= 0.3 is 0 Å². The van der Waals surface area contributed by atoms with Gasteiger partial charge < -0.3 is 9.32 Å². The highest BCUT2D eigenvalue weighted by molar-refractivity contribution is 7.26. The standard InChI is InChI=1S/C63H41NOS/c1-62(52-28-12-8-22-44(52)45-23-9-13-29-53(45)62)55-31-16-26-50-48-37-35-43(39-58(48)65-60(50)55)64(57-32-17-27-51-49-25-11-15-33-59(49)66-61(51)57)42-34-36-47-46-24-10-14-30-54(46)63(56(47)38-42,40-18-4-2-5-19-40)41-20-6-3-7-21-41/h2-39H,1H3. The topological polar surface area (TPSA) is 16.4 Å². The molecule has 3 heteroatoms. The van der Waals surface area contributed by atoms with E-state index in [1.165, 1.54) is 81.4 Å². The van der Waals surface area contributed by atoms with Crippen molar-refractivity contribution in [2.45, 2.75) is 17.8 Å². The Morgan fingerprint density at radius 2 is 0.924 bits per heavy atom. The summed E-state index contributed by atoms with van der Waals surface area (Å²) >= 11 is 1.86. The number of hydrogen-bond acceptors (Lipinski definition) is 3. The van der Waals surface area contributed by atoms with E-state index in [0.29, 0.717) is 0 Å². The Bertz CT molecular complexity index is 3830. The van der Waals surface area contributed by atoms with Gasteiger partial charge in [-0.3, -0.25) is 0 Å². The molecule has 0 radical (unpaired) electrons. The van der Waals surface area contributed by atoms with Crippen molar-refractivity contribution >= 4 is 70.5 Å². The van der Waals surface area contributed by atoms with Gasteiger partial charge in [-0.25, -0.2) is 0 Å². The van der Waals surface area contributed by atoms with Crippen molar-refractivity contribution in [1.82, 2.24) is 0 Å². The maximum Gasteiger partial charge on any atom is 0.139 e. The molecule has 2 aliphatic carbocycles. The highest BCUT2D eigenvalue weighted by Crippen LogP contribution is 2.58. The molecule has 0 bridgehead atoms. The van der Waals surface area contributed by atoms with Gasteiger partial charge in [0.15, 0.2) is 0 Å². The first kappa shape index (κ1) is 37.4. The van der Waals surface area contributed by atoms with Crippen molar-refractivity contribution in [2.75, 3.05) is 4.90 Å². The van der Waals surface area contributed by atoms with E-state index in [4.69, 9.17) is 4.42 Å². The highest BCUT2D eigenvalue weighted by Gasteiger charge is 2.47. The molecule has 0 fully saturated rings. The van der Waals surface area contributed by atoms with Gasteiger partial charge in [0.25, 0.3) is 0 Å². The summed E-state index contributed by atoms with van der Waals surface area (Å²) in [6.07, 6.45) is 0. The summed E-state index contributed by atoms with van der Waals surface area (Å²) in [4.78, 5) is 2.47. The zero-order valence-corrected chi connectivity index (χ0v) is 37.0. The van der Waals surface area contributed by atoms with Gasteiger partial charge in [0.2, 0.25) is 0 Å². The maximum absolute atomic E-state index is 7.23. The molecule has 14 rings (SSSR count). The average Bonchev–Trinajstić information content (AvgIpc) is 4.11. The van der Waals surface area contributed by atoms with Crippen LogP contribution in [0.4, 0.5) is 17.1 Å². The second-order valence-corrected chi connectivity index (χ2v) is 19.1. The Morgan fingerprint density at radius 3 is 1.65 bits per heavy atom. The number of nitrogens with zero attached hydrogens (tertiary/aromatic N) is 1. The molecule has 0 unspecified atom stereocenters. The third kappa shape index (κ3) is 5.01. The van der Waals surface area contributed by atoms with Crippen molar-refractivity contribution in [3.05, 3.63) is 269 Å². The molecule has 0 N–H and O–H groups in total. The second kappa shape index (κ2) is 14.0. The molecule has 2 heterocycles. The minimum Gasteiger partial charge on any atom is -0.456 e. The number of para-hydroxylation sites is 1. The molecule has 10 aromatic carbocycles. The SMILES string of the molecule is CC1(c2cccc3c2oc2cc(N(c4ccc5c(c4)C(c4ccccc4)(c4ccccc4)c4ccccc4-5)c4cccc5c4sc4ccccc45)ccc23)c2ccccc2-c2ccccc21. The fourth-order valence-corrected chi connectivity index (χ4v) is 13.2. The first-order valence-electron chi connectivity index (χ1n) is 22.8. The van der Waals surface area contributed by atoms with Crippen molar-refractivity contribution in [3.63, 3.8) is 0 Å². The van der Waals surface area contributed by atoms with Crippen LogP contribution in [0.15, 0.2) is 235 Å². The van der Waals surface area contributed by atoms with Crippen LogP contribution in [-0.2, 0) is 10.8 Å². The Morgan fingerprint density at radius 1 is 0.394 bits per heavy atom. The van der Waals surface area contributed by atoms with Crippen molar-refractivity contribution in [1.29, 1.82) is 0 Å². The van der Waals surface area contributed by atoms with Crippen LogP contribution in [0.1, 0.15) is 45.9 Å². The quantitative estimate of drug-likeness (QED) is 0.166. The van der Waals surface area contributed by atoms with E-state index in [1.54, 1.807) is 0 Å². The number of anilines is 3. The van der Waals surface area contributed by atoms with Crippen LogP contribution >= 0.6 is 11.3 Å². The number of thiophene rings is 1. The number of rotatable bonds is 6. The fourth-order valence-electron chi connectivity index (χ4n) is 12.0. The zero-order chi connectivity index (χ0) is 43.6.